The Bertz CT molecular complexity index is 1090. The van der Waals surface area contributed by atoms with Crippen LogP contribution >= 0.6 is 15.9 Å². The minimum absolute atomic E-state index is 0.0570. The molecule has 1 aliphatic heterocycles. The molecule has 0 unspecified atom stereocenters. The summed E-state index contributed by atoms with van der Waals surface area (Å²) in [5.41, 5.74) is 3.38. The Morgan fingerprint density at radius 1 is 1.06 bits per heavy atom. The molecule has 0 saturated heterocycles. The van der Waals surface area contributed by atoms with Crippen LogP contribution < -0.4 is 5.32 Å². The van der Waals surface area contributed by atoms with Gasteiger partial charge in [-0.2, -0.15) is 0 Å². The fourth-order valence-electron chi connectivity index (χ4n) is 3.95. The van der Waals surface area contributed by atoms with Gasteiger partial charge in [-0.1, -0.05) is 58.4 Å². The van der Waals surface area contributed by atoms with Crippen molar-refractivity contribution < 1.29 is 14.0 Å². The summed E-state index contributed by atoms with van der Waals surface area (Å²) in [6.45, 7) is -0.0570. The summed E-state index contributed by atoms with van der Waals surface area (Å²) < 4.78 is 14.4. The van der Waals surface area contributed by atoms with Crippen LogP contribution in [-0.4, -0.2) is 23.3 Å². The maximum atomic E-state index is 13.6. The Labute approximate surface area is 189 Å². The molecule has 0 aromatic heterocycles. The van der Waals surface area contributed by atoms with Crippen molar-refractivity contribution in [2.24, 2.45) is 0 Å². The fourth-order valence-corrected chi connectivity index (χ4v) is 4.32. The third kappa shape index (κ3) is 5.02. The van der Waals surface area contributed by atoms with Crippen LogP contribution in [0.15, 0.2) is 77.3 Å². The molecule has 0 spiro atoms. The van der Waals surface area contributed by atoms with Gasteiger partial charge < -0.3 is 10.2 Å². The third-order valence-corrected chi connectivity index (χ3v) is 5.91. The number of benzene rings is 3. The first kappa shape index (κ1) is 21.2. The second-order valence-electron chi connectivity index (χ2n) is 7.59. The van der Waals surface area contributed by atoms with Crippen molar-refractivity contribution in [1.29, 1.82) is 0 Å². The van der Waals surface area contributed by atoms with E-state index in [1.807, 2.05) is 48.5 Å². The number of rotatable bonds is 5. The largest absolute Gasteiger partial charge is 0.324 e. The van der Waals surface area contributed by atoms with Gasteiger partial charge in [-0.25, -0.2) is 4.39 Å². The highest BCUT2D eigenvalue weighted by molar-refractivity contribution is 9.10. The SMILES string of the molecule is O=C1CN(C(=O)CCCc2ccccc2)[C@@H](c2ccc(F)cc2)c2cc(Br)ccc2N1. The molecule has 0 saturated carbocycles. The summed E-state index contributed by atoms with van der Waals surface area (Å²) in [5.74, 6) is -0.695. The van der Waals surface area contributed by atoms with Crippen molar-refractivity contribution in [3.8, 4) is 0 Å². The molecule has 6 heteroatoms. The van der Waals surface area contributed by atoms with Crippen LogP contribution in [0.2, 0.25) is 0 Å². The monoisotopic (exact) mass is 480 g/mol. The predicted molar refractivity (Wildman–Crippen MR) is 122 cm³/mol. The lowest BCUT2D eigenvalue weighted by atomic mass is 9.95. The second-order valence-corrected chi connectivity index (χ2v) is 8.51. The smallest absolute Gasteiger partial charge is 0.244 e. The average Bonchev–Trinajstić information content (AvgIpc) is 2.91. The standard InChI is InChI=1S/C25H22BrFN2O2/c26-19-11-14-22-21(15-19)25(18-9-12-20(27)13-10-18)29(16-23(30)28-22)24(31)8-4-7-17-5-2-1-3-6-17/h1-3,5-6,9-15,25H,4,7-8,16H2,(H,28,30)/t25-/m0/s1. The van der Waals surface area contributed by atoms with E-state index in [2.05, 4.69) is 21.2 Å². The Balaban J connectivity index is 1.65. The minimum Gasteiger partial charge on any atom is -0.324 e. The molecule has 0 fully saturated rings. The Morgan fingerprint density at radius 3 is 2.55 bits per heavy atom. The van der Waals surface area contributed by atoms with Gasteiger partial charge in [0.15, 0.2) is 0 Å². The quantitative estimate of drug-likeness (QED) is 0.525. The number of nitrogens with zero attached hydrogens (tertiary/aromatic N) is 1. The maximum absolute atomic E-state index is 13.6. The predicted octanol–water partition coefficient (Wildman–Crippen LogP) is 5.48. The first-order valence-corrected chi connectivity index (χ1v) is 11.0. The van der Waals surface area contributed by atoms with Gasteiger partial charge in [-0.3, -0.25) is 9.59 Å². The molecule has 1 N–H and O–H groups in total. The molecule has 0 radical (unpaired) electrons. The fraction of sp³-hybridized carbons (Fsp3) is 0.200. The van der Waals surface area contributed by atoms with Gasteiger partial charge >= 0.3 is 0 Å². The number of nitrogens with one attached hydrogen (secondary N) is 1. The van der Waals surface area contributed by atoms with Crippen LogP contribution in [0, 0.1) is 5.82 Å². The van der Waals surface area contributed by atoms with E-state index in [1.165, 1.54) is 17.7 Å². The molecule has 31 heavy (non-hydrogen) atoms. The molecule has 2 amide bonds. The molecule has 1 heterocycles. The topological polar surface area (TPSA) is 49.4 Å². The molecule has 0 aliphatic carbocycles. The number of aryl methyl sites for hydroxylation is 1. The van der Waals surface area contributed by atoms with Crippen molar-refractivity contribution in [2.45, 2.75) is 25.3 Å². The van der Waals surface area contributed by atoms with E-state index in [1.54, 1.807) is 17.0 Å². The lowest BCUT2D eigenvalue weighted by Crippen LogP contribution is -2.38. The summed E-state index contributed by atoms with van der Waals surface area (Å²) in [5, 5.41) is 2.90. The highest BCUT2D eigenvalue weighted by Crippen LogP contribution is 2.37. The number of anilines is 1. The van der Waals surface area contributed by atoms with Gasteiger partial charge in [0.1, 0.15) is 12.4 Å². The lowest BCUT2D eigenvalue weighted by molar-refractivity contribution is -0.136. The Morgan fingerprint density at radius 2 is 1.81 bits per heavy atom. The first-order chi connectivity index (χ1) is 15.0. The molecule has 0 bridgehead atoms. The highest BCUT2D eigenvalue weighted by Gasteiger charge is 2.33. The van der Waals surface area contributed by atoms with Crippen molar-refractivity contribution in [1.82, 2.24) is 4.90 Å². The van der Waals surface area contributed by atoms with E-state index in [0.29, 0.717) is 18.5 Å². The van der Waals surface area contributed by atoms with E-state index < -0.39 is 6.04 Å². The van der Waals surface area contributed by atoms with Gasteiger partial charge in [0.2, 0.25) is 11.8 Å². The molecule has 4 nitrogen and oxygen atoms in total. The number of hydrogen-bond acceptors (Lipinski definition) is 2. The van der Waals surface area contributed by atoms with Crippen LogP contribution in [0.1, 0.15) is 35.6 Å². The molecule has 3 aromatic rings. The number of carbonyl (C=O) groups excluding carboxylic acids is 2. The lowest BCUT2D eigenvalue weighted by Gasteiger charge is -2.31. The summed E-state index contributed by atoms with van der Waals surface area (Å²) in [6, 6.07) is 21.2. The summed E-state index contributed by atoms with van der Waals surface area (Å²) >= 11 is 3.49. The van der Waals surface area contributed by atoms with Crippen molar-refractivity contribution in [2.75, 3.05) is 11.9 Å². The van der Waals surface area contributed by atoms with Gasteiger partial charge in [-0.15, -0.1) is 0 Å². The molecule has 158 valence electrons. The molecule has 1 aliphatic rings. The first-order valence-electron chi connectivity index (χ1n) is 10.2. The van der Waals surface area contributed by atoms with Gasteiger partial charge in [0.25, 0.3) is 0 Å². The number of carbonyl (C=O) groups is 2. The van der Waals surface area contributed by atoms with Crippen molar-refractivity contribution in [3.63, 3.8) is 0 Å². The molecule has 3 aromatic carbocycles. The van der Waals surface area contributed by atoms with Crippen molar-refractivity contribution in [3.05, 3.63) is 99.8 Å². The summed E-state index contributed by atoms with van der Waals surface area (Å²) in [7, 11) is 0. The Kier molecular flexibility index (Phi) is 6.47. The van der Waals surface area contributed by atoms with Crippen LogP contribution in [0.5, 0.6) is 0 Å². The molecular weight excluding hydrogens is 459 g/mol. The van der Waals surface area contributed by atoms with E-state index in [-0.39, 0.29) is 24.2 Å². The third-order valence-electron chi connectivity index (χ3n) is 5.41. The van der Waals surface area contributed by atoms with Gasteiger partial charge in [0, 0.05) is 22.1 Å². The molecule has 4 rings (SSSR count). The maximum Gasteiger partial charge on any atom is 0.244 e. The number of halogens is 2. The normalized spacial score (nSPS) is 15.7. The zero-order valence-corrected chi connectivity index (χ0v) is 18.4. The van der Waals surface area contributed by atoms with Crippen LogP contribution in [0.3, 0.4) is 0 Å². The summed E-state index contributed by atoms with van der Waals surface area (Å²) in [6.07, 6.45) is 1.79. The molecule has 1 atom stereocenters. The van der Waals surface area contributed by atoms with E-state index in [9.17, 15) is 14.0 Å². The van der Waals surface area contributed by atoms with Crippen LogP contribution in [0.4, 0.5) is 10.1 Å². The number of hydrogen-bond donors (Lipinski definition) is 1. The average molecular weight is 481 g/mol. The van der Waals surface area contributed by atoms with E-state index >= 15 is 0 Å². The van der Waals surface area contributed by atoms with Crippen molar-refractivity contribution >= 4 is 33.4 Å². The second kappa shape index (κ2) is 9.43. The Hall–Kier alpha value is -2.99. The minimum atomic E-state index is -0.490. The summed E-state index contributed by atoms with van der Waals surface area (Å²) in [4.78, 5) is 27.5. The van der Waals surface area contributed by atoms with Gasteiger partial charge in [0.05, 0.1) is 6.04 Å². The number of fused-ring (bicyclic) bond motifs is 1. The van der Waals surface area contributed by atoms with Crippen LogP contribution in [-0.2, 0) is 16.0 Å². The number of amides is 2. The zero-order chi connectivity index (χ0) is 21.8. The van der Waals surface area contributed by atoms with Gasteiger partial charge in [-0.05, 0) is 54.3 Å². The van der Waals surface area contributed by atoms with E-state index in [4.69, 9.17) is 0 Å². The van der Waals surface area contributed by atoms with Crippen LogP contribution in [0.25, 0.3) is 0 Å². The zero-order valence-electron chi connectivity index (χ0n) is 16.9. The van der Waals surface area contributed by atoms with E-state index in [0.717, 1.165) is 22.0 Å². The molecular formula is C25H22BrFN2O2. The highest BCUT2D eigenvalue weighted by atomic mass is 79.9.